The number of nitrogens with two attached hydrogens (primary N) is 2. The van der Waals surface area contributed by atoms with Crippen LogP contribution in [0.4, 0.5) is 5.82 Å². The van der Waals surface area contributed by atoms with Gasteiger partial charge in [-0.2, -0.15) is 4.31 Å². The van der Waals surface area contributed by atoms with Crippen LogP contribution in [0.25, 0.3) is 11.2 Å². The molecule has 9 atom stereocenters. The number of rotatable bonds is 9. The van der Waals surface area contributed by atoms with Crippen LogP contribution in [0.5, 0.6) is 0 Å². The van der Waals surface area contributed by atoms with Gasteiger partial charge in [0.05, 0.1) is 31.7 Å². The van der Waals surface area contributed by atoms with Crippen LogP contribution < -0.4 is 11.5 Å². The second-order valence-corrected chi connectivity index (χ2v) is 11.1. The molecule has 2 aromatic rings. The van der Waals surface area contributed by atoms with Crippen molar-refractivity contribution in [2.24, 2.45) is 5.73 Å². The summed E-state index contributed by atoms with van der Waals surface area (Å²) in [7, 11) is -10.2. The number of fused-ring (bicyclic) bond motifs is 1. The molecule has 2 saturated heterocycles. The number of hydrogen-bond donors (Lipinski definition) is 6. The van der Waals surface area contributed by atoms with E-state index in [1.54, 1.807) is 4.57 Å². The molecule has 19 heteroatoms. The fourth-order valence-corrected chi connectivity index (χ4v) is 5.84. The predicted octanol–water partition coefficient (Wildman–Crippen LogP) is -1.22. The van der Waals surface area contributed by atoms with Crippen LogP contribution in [0.3, 0.4) is 0 Å². The Morgan fingerprint density at radius 3 is 2.37 bits per heavy atom. The first-order valence-corrected chi connectivity index (χ1v) is 13.4. The number of phosphoric acid groups is 2. The molecule has 2 aliphatic heterocycles. The van der Waals surface area contributed by atoms with Crippen LogP contribution in [-0.4, -0.2) is 89.3 Å². The molecule has 4 heterocycles. The smallest absolute Gasteiger partial charge is 0.388 e. The molecular formula is C16H26N6O11P2. The number of aromatic nitrogens is 4. The predicted molar refractivity (Wildman–Crippen MR) is 115 cm³/mol. The first-order chi connectivity index (χ1) is 16.4. The Morgan fingerprint density at radius 2 is 1.74 bits per heavy atom. The molecule has 9 unspecified atom stereocenters. The normalized spacial score (nSPS) is 34.7. The molecule has 0 amide bonds. The highest BCUT2D eigenvalue weighted by Gasteiger charge is 2.44. The summed E-state index contributed by atoms with van der Waals surface area (Å²) in [5.41, 5.74) is 12.6. The third kappa shape index (κ3) is 5.88. The van der Waals surface area contributed by atoms with Gasteiger partial charge in [0.25, 0.3) is 0 Å². The number of aliphatic hydroxyl groups excluding tert-OH is 2. The van der Waals surface area contributed by atoms with Crippen LogP contribution in [0.15, 0.2) is 12.7 Å². The number of anilines is 1. The molecule has 0 saturated carbocycles. The van der Waals surface area contributed by atoms with Crippen molar-refractivity contribution in [3.05, 3.63) is 12.7 Å². The minimum Gasteiger partial charge on any atom is -0.388 e. The van der Waals surface area contributed by atoms with E-state index in [0.29, 0.717) is 11.2 Å². The van der Waals surface area contributed by atoms with Gasteiger partial charge < -0.3 is 40.9 Å². The molecule has 196 valence electrons. The zero-order valence-corrected chi connectivity index (χ0v) is 20.1. The molecule has 0 bridgehead atoms. The largest absolute Gasteiger partial charge is 0.481 e. The van der Waals surface area contributed by atoms with Gasteiger partial charge in [-0.3, -0.25) is 13.6 Å². The summed E-state index contributed by atoms with van der Waals surface area (Å²) < 4.78 is 50.5. The number of ether oxygens (including phenoxy) is 2. The lowest BCUT2D eigenvalue weighted by atomic mass is 10.1. The Kier molecular flexibility index (Phi) is 7.60. The monoisotopic (exact) mass is 540 g/mol. The van der Waals surface area contributed by atoms with E-state index in [0.717, 1.165) is 0 Å². The molecule has 0 radical (unpaired) electrons. The summed E-state index contributed by atoms with van der Waals surface area (Å²) in [5.74, 6) is 0.185. The van der Waals surface area contributed by atoms with Gasteiger partial charge in [0.1, 0.15) is 36.4 Å². The summed E-state index contributed by atoms with van der Waals surface area (Å²) in [6.07, 6.45) is -3.03. The number of nitrogens with zero attached hydrogens (tertiary/aromatic N) is 4. The highest BCUT2D eigenvalue weighted by molar-refractivity contribution is 7.61. The van der Waals surface area contributed by atoms with Crippen molar-refractivity contribution in [2.75, 3.05) is 18.9 Å². The Labute approximate surface area is 198 Å². The molecular weight excluding hydrogens is 514 g/mol. The van der Waals surface area contributed by atoms with E-state index in [-0.39, 0.29) is 12.2 Å². The zero-order valence-electron chi connectivity index (χ0n) is 18.3. The van der Waals surface area contributed by atoms with Gasteiger partial charge in [-0.1, -0.05) is 0 Å². The van der Waals surface area contributed by atoms with Gasteiger partial charge >= 0.3 is 15.6 Å². The number of nitrogen functional groups attached to an aromatic ring is 1. The fraction of sp³-hybridized carbons (Fsp3) is 0.688. The van der Waals surface area contributed by atoms with E-state index in [1.165, 1.54) is 19.6 Å². The third-order valence-electron chi connectivity index (χ3n) is 5.59. The van der Waals surface area contributed by atoms with Gasteiger partial charge in [0.2, 0.25) is 0 Å². The maximum absolute atomic E-state index is 12.2. The molecule has 35 heavy (non-hydrogen) atoms. The average molecular weight is 540 g/mol. The van der Waals surface area contributed by atoms with Gasteiger partial charge in [0, 0.05) is 12.5 Å². The van der Waals surface area contributed by atoms with Gasteiger partial charge in [-0.05, 0) is 6.92 Å². The van der Waals surface area contributed by atoms with Crippen molar-refractivity contribution < 1.29 is 52.0 Å². The van der Waals surface area contributed by atoms with Crippen molar-refractivity contribution in [3.8, 4) is 0 Å². The summed E-state index contributed by atoms with van der Waals surface area (Å²) in [6.45, 7) is 0.239. The fourth-order valence-electron chi connectivity index (χ4n) is 3.75. The SMILES string of the molecule is CC1OC(COP(=O)(O)OP(=O)(O)OCC2OC(n3cnc4c(N)ncnc43)CC2N)C(O)C1O. The van der Waals surface area contributed by atoms with Crippen LogP contribution in [-0.2, 0) is 32.0 Å². The second-order valence-electron chi connectivity index (χ2n) is 8.08. The lowest BCUT2D eigenvalue weighted by Gasteiger charge is -2.21. The van der Waals surface area contributed by atoms with Crippen molar-refractivity contribution in [2.45, 2.75) is 56.1 Å². The summed E-state index contributed by atoms with van der Waals surface area (Å²) >= 11 is 0. The molecule has 0 aromatic carbocycles. The standard InChI is InChI=1S/C16H26N6O11P2/c1-7-13(23)14(24)10(31-7)4-30-35(27,28)33-34(25,26)29-3-9-8(17)2-11(32-9)22-6-21-12-15(18)19-5-20-16(12)22/h5-11,13-14,23-24H,2-4,17H2,1H3,(H,25,26)(H,27,28)(H2,18,19,20). The van der Waals surface area contributed by atoms with Crippen LogP contribution in [0, 0.1) is 0 Å². The Hall–Kier alpha value is -1.59. The van der Waals surface area contributed by atoms with E-state index >= 15 is 0 Å². The molecule has 2 aliphatic rings. The minimum atomic E-state index is -5.11. The number of phosphoric ester groups is 2. The number of aliphatic hydroxyl groups is 2. The maximum atomic E-state index is 12.2. The first kappa shape index (κ1) is 26.5. The zero-order chi connectivity index (χ0) is 25.5. The maximum Gasteiger partial charge on any atom is 0.481 e. The quantitative estimate of drug-likeness (QED) is 0.204. The van der Waals surface area contributed by atoms with Gasteiger partial charge in [-0.15, -0.1) is 0 Å². The Balaban J connectivity index is 1.30. The minimum absolute atomic E-state index is 0.185. The van der Waals surface area contributed by atoms with E-state index in [4.69, 9.17) is 25.5 Å². The number of imidazole rings is 1. The molecule has 2 fully saturated rings. The molecule has 17 nitrogen and oxygen atoms in total. The summed E-state index contributed by atoms with van der Waals surface area (Å²) in [4.78, 5) is 31.8. The summed E-state index contributed by atoms with van der Waals surface area (Å²) in [5, 5.41) is 19.5. The van der Waals surface area contributed by atoms with E-state index < -0.39 is 71.6 Å². The van der Waals surface area contributed by atoms with Gasteiger partial charge in [-0.25, -0.2) is 24.1 Å². The van der Waals surface area contributed by atoms with E-state index in [1.807, 2.05) is 0 Å². The van der Waals surface area contributed by atoms with Crippen molar-refractivity contribution >= 4 is 32.6 Å². The Bertz CT molecular complexity index is 1150. The Morgan fingerprint density at radius 1 is 1.09 bits per heavy atom. The number of hydrogen-bond acceptors (Lipinski definition) is 14. The highest BCUT2D eigenvalue weighted by Crippen LogP contribution is 2.60. The topological polar surface area (TPSA) is 257 Å². The van der Waals surface area contributed by atoms with Crippen molar-refractivity contribution in [1.82, 2.24) is 19.5 Å². The highest BCUT2D eigenvalue weighted by atomic mass is 31.3. The van der Waals surface area contributed by atoms with Crippen molar-refractivity contribution in [3.63, 3.8) is 0 Å². The van der Waals surface area contributed by atoms with Crippen LogP contribution in [0.2, 0.25) is 0 Å². The van der Waals surface area contributed by atoms with Gasteiger partial charge in [0.15, 0.2) is 11.5 Å². The van der Waals surface area contributed by atoms with E-state index in [2.05, 4.69) is 23.8 Å². The molecule has 4 rings (SSSR count). The third-order valence-corrected chi connectivity index (χ3v) is 8.19. The molecule has 0 spiro atoms. The molecule has 0 aliphatic carbocycles. The van der Waals surface area contributed by atoms with Crippen LogP contribution >= 0.6 is 15.6 Å². The summed E-state index contributed by atoms with van der Waals surface area (Å²) in [6, 6.07) is -0.636. The van der Waals surface area contributed by atoms with E-state index in [9.17, 15) is 29.1 Å². The van der Waals surface area contributed by atoms with Crippen LogP contribution in [0.1, 0.15) is 19.6 Å². The second kappa shape index (κ2) is 10.0. The first-order valence-electron chi connectivity index (χ1n) is 10.4. The molecule has 8 N–H and O–H groups in total. The lowest BCUT2D eigenvalue weighted by molar-refractivity contribution is -0.0255. The van der Waals surface area contributed by atoms with Crippen molar-refractivity contribution in [1.29, 1.82) is 0 Å². The average Bonchev–Trinajstić information content (AvgIpc) is 3.43. The molecule has 2 aromatic heterocycles. The lowest BCUT2D eigenvalue weighted by Crippen LogP contribution is -2.34.